The van der Waals surface area contributed by atoms with Crippen molar-refractivity contribution in [3.8, 4) is 0 Å². The maximum Gasteiger partial charge on any atom is 0.306 e. The maximum absolute atomic E-state index is 11.8. The number of benzene rings is 2. The first-order valence-electron chi connectivity index (χ1n) is 7.43. The van der Waals surface area contributed by atoms with Crippen molar-refractivity contribution in [3.05, 3.63) is 71.8 Å². The second-order valence-corrected chi connectivity index (χ2v) is 5.22. The number of ether oxygens (including phenoxy) is 1. The van der Waals surface area contributed by atoms with Gasteiger partial charge in [-0.2, -0.15) is 0 Å². The summed E-state index contributed by atoms with van der Waals surface area (Å²) in [5, 5.41) is 0. The van der Waals surface area contributed by atoms with Gasteiger partial charge in [0.15, 0.2) is 0 Å². The van der Waals surface area contributed by atoms with Crippen molar-refractivity contribution >= 4 is 5.97 Å². The van der Waals surface area contributed by atoms with Crippen LogP contribution in [0, 0.1) is 0 Å². The molecule has 0 bridgehead atoms. The van der Waals surface area contributed by atoms with E-state index in [4.69, 9.17) is 4.74 Å². The van der Waals surface area contributed by atoms with Gasteiger partial charge in [-0.05, 0) is 23.5 Å². The quantitative estimate of drug-likeness (QED) is 0.728. The average Bonchev–Trinajstić information content (AvgIpc) is 2.56. The van der Waals surface area contributed by atoms with Crippen LogP contribution in [0.4, 0.5) is 0 Å². The molecule has 0 aromatic heterocycles. The van der Waals surface area contributed by atoms with Gasteiger partial charge >= 0.3 is 5.97 Å². The van der Waals surface area contributed by atoms with Crippen molar-refractivity contribution in [1.29, 1.82) is 0 Å². The topological polar surface area (TPSA) is 26.3 Å². The molecule has 2 aromatic rings. The number of carbonyl (C=O) groups is 1. The zero-order valence-electron chi connectivity index (χ0n) is 12.7. The first-order valence-corrected chi connectivity index (χ1v) is 7.43. The fourth-order valence-electron chi connectivity index (χ4n) is 2.91. The van der Waals surface area contributed by atoms with Gasteiger partial charge < -0.3 is 4.74 Å². The summed E-state index contributed by atoms with van der Waals surface area (Å²) in [6.07, 6.45) is 1.40. The smallest absolute Gasteiger partial charge is 0.306 e. The monoisotopic (exact) mass is 282 g/mol. The second kappa shape index (κ2) is 7.63. The zero-order valence-corrected chi connectivity index (χ0v) is 12.7. The molecule has 0 heterocycles. The number of rotatable bonds is 6. The third-order valence-electron chi connectivity index (χ3n) is 4.00. The lowest BCUT2D eigenvalue weighted by Crippen LogP contribution is -2.16. The third kappa shape index (κ3) is 3.94. The molecule has 0 saturated carbocycles. The highest BCUT2D eigenvalue weighted by atomic mass is 16.5. The fourth-order valence-corrected chi connectivity index (χ4v) is 2.91. The lowest BCUT2D eigenvalue weighted by atomic mass is 9.78. The minimum absolute atomic E-state index is 0.144. The molecular formula is C19H22O2. The number of carbonyl (C=O) groups excluding carboxylic acids is 1. The molecule has 0 saturated heterocycles. The molecule has 0 fully saturated rings. The molecule has 2 heteroatoms. The lowest BCUT2D eigenvalue weighted by molar-refractivity contribution is -0.141. The summed E-state index contributed by atoms with van der Waals surface area (Å²) in [5.41, 5.74) is 2.47. The molecule has 0 N–H and O–H groups in total. The number of methoxy groups -OCH3 is 1. The number of hydrogen-bond donors (Lipinski definition) is 0. The maximum atomic E-state index is 11.8. The van der Waals surface area contributed by atoms with Crippen LogP contribution in [-0.4, -0.2) is 13.1 Å². The Hall–Kier alpha value is -2.09. The Morgan fingerprint density at radius 3 is 1.81 bits per heavy atom. The molecule has 0 aliphatic carbocycles. The molecule has 2 atom stereocenters. The summed E-state index contributed by atoms with van der Waals surface area (Å²) >= 11 is 0. The predicted molar refractivity (Wildman–Crippen MR) is 85.3 cm³/mol. The van der Waals surface area contributed by atoms with Gasteiger partial charge in [-0.1, -0.05) is 67.6 Å². The Kier molecular flexibility index (Phi) is 5.56. The van der Waals surface area contributed by atoms with E-state index >= 15 is 0 Å². The molecule has 0 radical (unpaired) electrons. The summed E-state index contributed by atoms with van der Waals surface area (Å²) in [6.45, 7) is 2.17. The Morgan fingerprint density at radius 2 is 1.38 bits per heavy atom. The summed E-state index contributed by atoms with van der Waals surface area (Å²) in [6, 6.07) is 20.7. The summed E-state index contributed by atoms with van der Waals surface area (Å²) < 4.78 is 4.89. The van der Waals surface area contributed by atoms with E-state index in [1.807, 2.05) is 24.3 Å². The molecule has 2 nitrogen and oxygen atoms in total. The van der Waals surface area contributed by atoms with E-state index in [-0.39, 0.29) is 11.9 Å². The van der Waals surface area contributed by atoms with Gasteiger partial charge in [0, 0.05) is 5.92 Å². The highest BCUT2D eigenvalue weighted by molar-refractivity contribution is 5.70. The van der Waals surface area contributed by atoms with Crippen LogP contribution in [0.1, 0.15) is 42.7 Å². The second-order valence-electron chi connectivity index (χ2n) is 5.22. The van der Waals surface area contributed by atoms with E-state index in [1.54, 1.807) is 0 Å². The van der Waals surface area contributed by atoms with Crippen LogP contribution in [0.25, 0.3) is 0 Å². The molecule has 21 heavy (non-hydrogen) atoms. The van der Waals surface area contributed by atoms with Crippen molar-refractivity contribution in [2.75, 3.05) is 7.11 Å². The van der Waals surface area contributed by atoms with Crippen molar-refractivity contribution < 1.29 is 9.53 Å². The minimum atomic E-state index is -0.154. The van der Waals surface area contributed by atoms with Gasteiger partial charge in [0.05, 0.1) is 13.5 Å². The van der Waals surface area contributed by atoms with Gasteiger partial charge in [0.1, 0.15) is 0 Å². The molecular weight excluding hydrogens is 260 g/mol. The van der Waals surface area contributed by atoms with Crippen molar-refractivity contribution in [2.24, 2.45) is 0 Å². The molecule has 0 aliphatic rings. The first kappa shape index (κ1) is 15.3. The van der Waals surface area contributed by atoms with Gasteiger partial charge in [0.2, 0.25) is 0 Å². The first-order chi connectivity index (χ1) is 10.3. The highest BCUT2D eigenvalue weighted by Gasteiger charge is 2.26. The van der Waals surface area contributed by atoms with Crippen LogP contribution < -0.4 is 0 Å². The Balaban J connectivity index is 2.35. The van der Waals surface area contributed by atoms with Crippen molar-refractivity contribution in [1.82, 2.24) is 0 Å². The van der Waals surface area contributed by atoms with Crippen LogP contribution >= 0.6 is 0 Å². The Morgan fingerprint density at radius 1 is 0.905 bits per heavy atom. The molecule has 0 aliphatic heterocycles. The Bertz CT molecular complexity index is 548. The van der Waals surface area contributed by atoms with Crippen molar-refractivity contribution in [3.63, 3.8) is 0 Å². The van der Waals surface area contributed by atoms with Crippen LogP contribution in [0.15, 0.2) is 60.7 Å². The van der Waals surface area contributed by atoms with Crippen molar-refractivity contribution in [2.45, 2.75) is 31.6 Å². The third-order valence-corrected chi connectivity index (χ3v) is 4.00. The number of hydrogen-bond acceptors (Lipinski definition) is 2. The summed E-state index contributed by atoms with van der Waals surface area (Å²) in [4.78, 5) is 11.8. The highest BCUT2D eigenvalue weighted by Crippen LogP contribution is 2.38. The SMILES string of the molecule is CCC(c1ccccc1)C(CC(=O)OC)c1ccccc1. The van der Waals surface area contributed by atoms with Gasteiger partial charge in [0.25, 0.3) is 0 Å². The zero-order chi connectivity index (χ0) is 15.1. The summed E-state index contributed by atoms with van der Waals surface area (Å²) in [7, 11) is 1.45. The van der Waals surface area contributed by atoms with Crippen LogP contribution in [-0.2, 0) is 9.53 Å². The lowest BCUT2D eigenvalue weighted by Gasteiger charge is -2.26. The molecule has 2 aromatic carbocycles. The van der Waals surface area contributed by atoms with E-state index in [2.05, 4.69) is 43.3 Å². The molecule has 0 spiro atoms. The van der Waals surface area contributed by atoms with Crippen LogP contribution in [0.3, 0.4) is 0 Å². The molecule has 110 valence electrons. The summed E-state index contributed by atoms with van der Waals surface area (Å²) in [5.74, 6) is 0.303. The minimum Gasteiger partial charge on any atom is -0.469 e. The van der Waals surface area contributed by atoms with E-state index in [9.17, 15) is 4.79 Å². The molecule has 2 unspecified atom stereocenters. The Labute approximate surface area is 126 Å². The number of esters is 1. The van der Waals surface area contributed by atoms with E-state index in [1.165, 1.54) is 18.2 Å². The molecule has 2 rings (SSSR count). The van der Waals surface area contributed by atoms with Crippen LogP contribution in [0.5, 0.6) is 0 Å². The van der Waals surface area contributed by atoms with Crippen LogP contribution in [0.2, 0.25) is 0 Å². The predicted octanol–water partition coefficient (Wildman–Crippen LogP) is 4.53. The van der Waals surface area contributed by atoms with Gasteiger partial charge in [-0.25, -0.2) is 0 Å². The normalized spacial score (nSPS) is 13.4. The van der Waals surface area contributed by atoms with E-state index in [0.29, 0.717) is 12.3 Å². The fraction of sp³-hybridized carbons (Fsp3) is 0.316. The molecule has 0 amide bonds. The van der Waals surface area contributed by atoms with Gasteiger partial charge in [-0.3, -0.25) is 4.79 Å². The van der Waals surface area contributed by atoms with Gasteiger partial charge in [-0.15, -0.1) is 0 Å². The average molecular weight is 282 g/mol. The van der Waals surface area contributed by atoms with E-state index < -0.39 is 0 Å². The van der Waals surface area contributed by atoms with E-state index in [0.717, 1.165) is 6.42 Å². The standard InChI is InChI=1S/C19H22O2/c1-3-17(15-10-6-4-7-11-15)18(14-19(20)21-2)16-12-8-5-9-13-16/h4-13,17-18H,3,14H2,1-2H3. The largest absolute Gasteiger partial charge is 0.469 e.